The molecule has 0 bridgehead atoms. The van der Waals surface area contributed by atoms with Gasteiger partial charge in [0.2, 0.25) is 11.7 Å². The quantitative estimate of drug-likeness (QED) is 0.296. The molecule has 0 saturated heterocycles. The second-order valence-corrected chi connectivity index (χ2v) is 9.93. The molecular weight excluding hydrogens is 539 g/mol. The molecule has 0 fully saturated rings. The molecule has 0 radical (unpaired) electrons. The highest BCUT2D eigenvalue weighted by atomic mass is 19.1. The van der Waals surface area contributed by atoms with E-state index in [1.807, 2.05) is 0 Å². The number of amides is 2. The molecule has 11 heteroatoms. The zero-order chi connectivity index (χ0) is 30.6. The summed E-state index contributed by atoms with van der Waals surface area (Å²) in [6.45, 7) is 3.22. The third-order valence-electron chi connectivity index (χ3n) is 6.62. The van der Waals surface area contributed by atoms with Crippen LogP contribution in [0, 0.1) is 12.7 Å². The fourth-order valence-electron chi connectivity index (χ4n) is 4.26. The Hall–Kier alpha value is -5.03. The lowest BCUT2D eigenvalue weighted by molar-refractivity contribution is -0.117. The van der Waals surface area contributed by atoms with Crippen LogP contribution < -0.4 is 16.2 Å². The van der Waals surface area contributed by atoms with Crippen molar-refractivity contribution in [1.82, 2.24) is 24.8 Å². The normalized spacial score (nSPS) is 11.6. The van der Waals surface area contributed by atoms with E-state index in [0.717, 1.165) is 0 Å². The Labute approximate surface area is 242 Å². The zero-order valence-electron chi connectivity index (χ0n) is 23.9. The number of rotatable bonds is 9. The van der Waals surface area contributed by atoms with E-state index in [2.05, 4.69) is 20.6 Å². The van der Waals surface area contributed by atoms with E-state index in [-0.39, 0.29) is 29.4 Å². The zero-order valence-corrected chi connectivity index (χ0v) is 23.9. The third kappa shape index (κ3) is 6.64. The molecule has 0 aliphatic heterocycles. The number of likely N-dealkylation sites (N-methyl/N-ethyl adjacent to an activating group) is 1. The smallest absolute Gasteiger partial charge is 0.275 e. The predicted molar refractivity (Wildman–Crippen MR) is 157 cm³/mol. The van der Waals surface area contributed by atoms with Crippen molar-refractivity contribution in [2.24, 2.45) is 0 Å². The maximum atomic E-state index is 13.8. The van der Waals surface area contributed by atoms with Crippen molar-refractivity contribution >= 4 is 23.3 Å². The Kier molecular flexibility index (Phi) is 9.02. The van der Waals surface area contributed by atoms with E-state index in [0.29, 0.717) is 28.3 Å². The minimum Gasteiger partial charge on any atom is -0.345 e. The molecule has 216 valence electrons. The van der Waals surface area contributed by atoms with Crippen molar-refractivity contribution in [3.63, 3.8) is 0 Å². The predicted octanol–water partition coefficient (Wildman–Crippen LogP) is 3.28. The van der Waals surface area contributed by atoms with Crippen LogP contribution in [-0.2, 0) is 11.3 Å². The highest BCUT2D eigenvalue weighted by Gasteiger charge is 2.19. The van der Waals surface area contributed by atoms with Gasteiger partial charge in [-0.3, -0.25) is 19.2 Å². The fourth-order valence-corrected chi connectivity index (χ4v) is 4.26. The van der Waals surface area contributed by atoms with Crippen molar-refractivity contribution in [3.05, 3.63) is 111 Å². The summed E-state index contributed by atoms with van der Waals surface area (Å²) in [5.41, 5.74) is 1.75. The number of carbonyl (C=O) groups excluding carboxylic acids is 3. The number of aryl methyl sites for hydroxylation is 1. The first kappa shape index (κ1) is 29.9. The number of halogens is 1. The van der Waals surface area contributed by atoms with Crippen LogP contribution >= 0.6 is 0 Å². The Morgan fingerprint density at radius 3 is 2.36 bits per heavy atom. The Morgan fingerprint density at radius 2 is 1.69 bits per heavy atom. The number of pyridine rings is 1. The van der Waals surface area contributed by atoms with E-state index in [9.17, 15) is 23.6 Å². The summed E-state index contributed by atoms with van der Waals surface area (Å²) >= 11 is 0. The minimum absolute atomic E-state index is 0.0553. The topological polar surface area (TPSA) is 126 Å². The number of benzene rings is 2. The van der Waals surface area contributed by atoms with Crippen LogP contribution in [0.2, 0.25) is 0 Å². The second kappa shape index (κ2) is 12.6. The standard InChI is InChI=1S/C31H31FN6O4/c1-18(33-3)29(40)36-25-13-14-27(21-7-6-8-22(15-21)30(41)37(4)5)38(31(25)42)17-24-16-26(35-19(2)34-24)28(39)20-9-11-23(32)12-10-20/h6-16,18,33H,17H2,1-5H3,(H,36,40)/t18-/m0/s1. The molecule has 0 aliphatic carbocycles. The fraction of sp³-hybridized carbons (Fsp3) is 0.226. The summed E-state index contributed by atoms with van der Waals surface area (Å²) in [6.07, 6.45) is 0. The van der Waals surface area contributed by atoms with Crippen LogP contribution in [0.5, 0.6) is 0 Å². The Morgan fingerprint density at radius 1 is 0.976 bits per heavy atom. The molecule has 42 heavy (non-hydrogen) atoms. The average molecular weight is 571 g/mol. The van der Waals surface area contributed by atoms with Gasteiger partial charge in [-0.2, -0.15) is 0 Å². The van der Waals surface area contributed by atoms with Gasteiger partial charge >= 0.3 is 0 Å². The number of nitrogens with zero attached hydrogens (tertiary/aromatic N) is 4. The molecular formula is C31H31FN6O4. The number of hydrogen-bond acceptors (Lipinski definition) is 7. The van der Waals surface area contributed by atoms with Crippen LogP contribution in [0.3, 0.4) is 0 Å². The molecule has 10 nitrogen and oxygen atoms in total. The van der Waals surface area contributed by atoms with Crippen molar-refractivity contribution < 1.29 is 18.8 Å². The molecule has 4 rings (SSSR count). The first-order chi connectivity index (χ1) is 20.0. The molecule has 0 unspecified atom stereocenters. The molecule has 0 aliphatic rings. The van der Waals surface area contributed by atoms with Crippen molar-refractivity contribution in [1.29, 1.82) is 0 Å². The number of ketones is 1. The summed E-state index contributed by atoms with van der Waals surface area (Å²) in [4.78, 5) is 62.3. The van der Waals surface area contributed by atoms with Crippen molar-refractivity contribution in [3.8, 4) is 11.3 Å². The van der Waals surface area contributed by atoms with Gasteiger partial charge in [-0.25, -0.2) is 14.4 Å². The van der Waals surface area contributed by atoms with E-state index < -0.39 is 29.1 Å². The van der Waals surface area contributed by atoms with Crippen LogP contribution in [0.15, 0.2) is 71.5 Å². The average Bonchev–Trinajstić information content (AvgIpc) is 2.98. The van der Waals surface area contributed by atoms with Crippen LogP contribution in [0.4, 0.5) is 10.1 Å². The molecule has 2 heterocycles. The molecule has 2 amide bonds. The van der Waals surface area contributed by atoms with Crippen LogP contribution in [0.1, 0.15) is 44.9 Å². The number of carbonyl (C=O) groups is 3. The van der Waals surface area contributed by atoms with Crippen LogP contribution in [0.25, 0.3) is 11.3 Å². The molecule has 2 aromatic heterocycles. The van der Waals surface area contributed by atoms with Gasteiger partial charge in [-0.1, -0.05) is 12.1 Å². The summed E-state index contributed by atoms with van der Waals surface area (Å²) < 4.78 is 14.8. The van der Waals surface area contributed by atoms with Crippen LogP contribution in [-0.4, -0.2) is 64.2 Å². The number of hydrogen-bond donors (Lipinski definition) is 2. The van der Waals surface area contributed by atoms with Gasteiger partial charge in [0, 0.05) is 25.2 Å². The molecule has 1 atom stereocenters. The highest BCUT2D eigenvalue weighted by molar-refractivity contribution is 6.07. The summed E-state index contributed by atoms with van der Waals surface area (Å²) in [7, 11) is 4.93. The molecule has 2 N–H and O–H groups in total. The lowest BCUT2D eigenvalue weighted by atomic mass is 10.1. The first-order valence-corrected chi connectivity index (χ1v) is 13.2. The van der Waals surface area contributed by atoms with Crippen molar-refractivity contribution in [2.45, 2.75) is 26.4 Å². The maximum absolute atomic E-state index is 13.8. The Balaban J connectivity index is 1.82. The van der Waals surface area contributed by atoms with E-state index in [1.54, 1.807) is 65.3 Å². The van der Waals surface area contributed by atoms with Gasteiger partial charge in [0.1, 0.15) is 23.0 Å². The van der Waals surface area contributed by atoms with Gasteiger partial charge in [-0.15, -0.1) is 0 Å². The minimum atomic E-state index is -0.546. The lowest BCUT2D eigenvalue weighted by Gasteiger charge is -2.18. The van der Waals surface area contributed by atoms with Gasteiger partial charge in [0.25, 0.3) is 11.5 Å². The number of aromatic nitrogens is 3. The lowest BCUT2D eigenvalue weighted by Crippen LogP contribution is -2.37. The molecule has 4 aromatic rings. The van der Waals surface area contributed by atoms with Gasteiger partial charge in [-0.05, 0) is 81.1 Å². The largest absolute Gasteiger partial charge is 0.345 e. The summed E-state index contributed by atoms with van der Waals surface area (Å²) in [5, 5.41) is 5.50. The molecule has 0 spiro atoms. The second-order valence-electron chi connectivity index (χ2n) is 9.93. The van der Waals surface area contributed by atoms with E-state index in [1.165, 1.54) is 45.9 Å². The SMILES string of the molecule is CN[C@@H](C)C(=O)Nc1ccc(-c2cccc(C(=O)N(C)C)c2)n(Cc2cc(C(=O)c3ccc(F)cc3)nc(C)n2)c1=O. The van der Waals surface area contributed by atoms with Crippen molar-refractivity contribution in [2.75, 3.05) is 26.5 Å². The summed E-state index contributed by atoms with van der Waals surface area (Å²) in [6, 6.07) is 16.1. The monoisotopic (exact) mass is 570 g/mol. The van der Waals surface area contributed by atoms with Gasteiger partial charge in [0.15, 0.2) is 0 Å². The molecule has 0 saturated carbocycles. The number of nitrogens with one attached hydrogen (secondary N) is 2. The van der Waals surface area contributed by atoms with Gasteiger partial charge in [0.05, 0.1) is 24.0 Å². The highest BCUT2D eigenvalue weighted by Crippen LogP contribution is 2.23. The van der Waals surface area contributed by atoms with E-state index >= 15 is 0 Å². The Bertz CT molecular complexity index is 1720. The summed E-state index contributed by atoms with van der Waals surface area (Å²) in [5.74, 6) is -1.18. The van der Waals surface area contributed by atoms with Gasteiger partial charge < -0.3 is 20.1 Å². The number of anilines is 1. The van der Waals surface area contributed by atoms with E-state index in [4.69, 9.17) is 0 Å². The maximum Gasteiger partial charge on any atom is 0.275 e. The first-order valence-electron chi connectivity index (χ1n) is 13.2. The third-order valence-corrected chi connectivity index (χ3v) is 6.62. The molecule has 2 aromatic carbocycles.